The largest absolute Gasteiger partial charge is 0.380 e. The lowest BCUT2D eigenvalue weighted by Crippen LogP contribution is -2.47. The van der Waals surface area contributed by atoms with Gasteiger partial charge in [-0.25, -0.2) is 4.90 Å². The van der Waals surface area contributed by atoms with Crippen molar-refractivity contribution in [2.75, 3.05) is 12.0 Å². The molecule has 3 unspecified atom stereocenters. The van der Waals surface area contributed by atoms with Crippen molar-refractivity contribution in [3.63, 3.8) is 0 Å². The lowest BCUT2D eigenvalue weighted by atomic mass is 10.1. The molecule has 1 heterocycles. The van der Waals surface area contributed by atoms with Crippen LogP contribution in [0.4, 0.5) is 5.69 Å². The molecule has 0 radical (unpaired) electrons. The minimum absolute atomic E-state index is 0.138. The van der Waals surface area contributed by atoms with E-state index in [0.29, 0.717) is 5.69 Å². The number of amides is 2. The fourth-order valence-electron chi connectivity index (χ4n) is 3.27. The molecular weight excluding hydrogens is 268 g/mol. The summed E-state index contributed by atoms with van der Waals surface area (Å²) in [5, 5.41) is 3.32. The van der Waals surface area contributed by atoms with Gasteiger partial charge in [-0.3, -0.25) is 9.59 Å². The summed E-state index contributed by atoms with van der Waals surface area (Å²) in [5.74, 6) is -0.302. The highest BCUT2D eigenvalue weighted by atomic mass is 16.5. The number of carbonyl (C=O) groups excluding carboxylic acids is 2. The summed E-state index contributed by atoms with van der Waals surface area (Å²) in [4.78, 5) is 25.9. The van der Waals surface area contributed by atoms with Crippen LogP contribution in [-0.4, -0.2) is 37.1 Å². The smallest absolute Gasteiger partial charge is 0.251 e. The molecule has 1 N–H and O–H groups in total. The summed E-state index contributed by atoms with van der Waals surface area (Å²) in [6, 6.07) is 8.82. The van der Waals surface area contributed by atoms with Crippen molar-refractivity contribution >= 4 is 17.5 Å². The standard InChI is InChI=1S/C16H20N2O3/c1-21-14-9-5-8-12(14)17-13-10-15(19)18(16(13)20)11-6-3-2-4-7-11/h2-4,6-7,12-14,17H,5,8-10H2,1H3. The van der Waals surface area contributed by atoms with Crippen molar-refractivity contribution in [3.8, 4) is 0 Å². The number of rotatable bonds is 4. The minimum atomic E-state index is -0.432. The molecule has 112 valence electrons. The first-order valence-electron chi connectivity index (χ1n) is 7.41. The van der Waals surface area contributed by atoms with Crippen LogP contribution < -0.4 is 10.2 Å². The van der Waals surface area contributed by atoms with Crippen molar-refractivity contribution < 1.29 is 14.3 Å². The highest BCUT2D eigenvalue weighted by Crippen LogP contribution is 2.26. The summed E-state index contributed by atoms with van der Waals surface area (Å²) in [6.07, 6.45) is 3.44. The van der Waals surface area contributed by atoms with Crippen molar-refractivity contribution in [2.45, 2.75) is 43.9 Å². The van der Waals surface area contributed by atoms with Crippen LogP contribution in [0.2, 0.25) is 0 Å². The van der Waals surface area contributed by atoms with Gasteiger partial charge in [0.2, 0.25) is 5.91 Å². The predicted molar refractivity (Wildman–Crippen MR) is 78.9 cm³/mol. The topological polar surface area (TPSA) is 58.6 Å². The van der Waals surface area contributed by atoms with E-state index in [4.69, 9.17) is 4.74 Å². The molecule has 2 amide bonds. The lowest BCUT2D eigenvalue weighted by molar-refractivity contribution is -0.121. The Morgan fingerprint density at radius 3 is 2.67 bits per heavy atom. The predicted octanol–water partition coefficient (Wildman–Crippen LogP) is 1.48. The van der Waals surface area contributed by atoms with E-state index in [0.717, 1.165) is 19.3 Å². The maximum atomic E-state index is 12.5. The fourth-order valence-corrected chi connectivity index (χ4v) is 3.27. The third-order valence-corrected chi connectivity index (χ3v) is 4.33. The van der Waals surface area contributed by atoms with Crippen LogP contribution in [0.25, 0.3) is 0 Å². The monoisotopic (exact) mass is 288 g/mol. The number of para-hydroxylation sites is 1. The number of ether oxygens (including phenoxy) is 1. The zero-order valence-corrected chi connectivity index (χ0v) is 12.1. The molecule has 1 aliphatic heterocycles. The Balaban J connectivity index is 1.72. The third kappa shape index (κ3) is 2.71. The number of carbonyl (C=O) groups is 2. The summed E-state index contributed by atoms with van der Waals surface area (Å²) in [6.45, 7) is 0. The Bertz CT molecular complexity index is 532. The Morgan fingerprint density at radius 1 is 1.19 bits per heavy atom. The number of nitrogens with zero attached hydrogens (tertiary/aromatic N) is 1. The molecule has 0 aromatic heterocycles. The van der Waals surface area contributed by atoms with E-state index in [1.54, 1.807) is 19.2 Å². The molecule has 1 aromatic carbocycles. The van der Waals surface area contributed by atoms with Crippen molar-refractivity contribution in [1.29, 1.82) is 0 Å². The quantitative estimate of drug-likeness (QED) is 0.853. The summed E-state index contributed by atoms with van der Waals surface area (Å²) in [5.41, 5.74) is 0.645. The number of imide groups is 1. The van der Waals surface area contributed by atoms with Gasteiger partial charge in [0.1, 0.15) is 0 Å². The van der Waals surface area contributed by atoms with Gasteiger partial charge in [0, 0.05) is 13.2 Å². The normalized spacial score (nSPS) is 29.4. The van der Waals surface area contributed by atoms with E-state index >= 15 is 0 Å². The molecule has 5 nitrogen and oxygen atoms in total. The first-order chi connectivity index (χ1) is 10.2. The fraction of sp³-hybridized carbons (Fsp3) is 0.500. The van der Waals surface area contributed by atoms with Crippen LogP contribution in [0, 0.1) is 0 Å². The number of hydrogen-bond donors (Lipinski definition) is 1. The highest BCUT2D eigenvalue weighted by molar-refractivity contribution is 6.22. The van der Waals surface area contributed by atoms with E-state index < -0.39 is 6.04 Å². The Hall–Kier alpha value is -1.72. The van der Waals surface area contributed by atoms with Crippen molar-refractivity contribution in [2.24, 2.45) is 0 Å². The molecule has 1 saturated heterocycles. The van der Waals surface area contributed by atoms with Crippen molar-refractivity contribution in [1.82, 2.24) is 5.32 Å². The number of nitrogens with one attached hydrogen (secondary N) is 1. The molecule has 3 atom stereocenters. The molecule has 3 rings (SSSR count). The molecule has 2 fully saturated rings. The maximum absolute atomic E-state index is 12.5. The lowest BCUT2D eigenvalue weighted by Gasteiger charge is -2.23. The Kier molecular flexibility index (Phi) is 4.03. The van der Waals surface area contributed by atoms with Gasteiger partial charge in [0.15, 0.2) is 0 Å². The van der Waals surface area contributed by atoms with Crippen LogP contribution in [-0.2, 0) is 14.3 Å². The second-order valence-electron chi connectivity index (χ2n) is 5.64. The molecule has 2 aliphatic rings. The Morgan fingerprint density at radius 2 is 1.95 bits per heavy atom. The van der Waals surface area contributed by atoms with Gasteiger partial charge in [-0.1, -0.05) is 18.2 Å². The average molecular weight is 288 g/mol. The van der Waals surface area contributed by atoms with Gasteiger partial charge in [-0.05, 0) is 31.4 Å². The number of hydrogen-bond acceptors (Lipinski definition) is 4. The van der Waals surface area contributed by atoms with E-state index in [1.165, 1.54) is 4.90 Å². The van der Waals surface area contributed by atoms with Gasteiger partial charge < -0.3 is 10.1 Å². The maximum Gasteiger partial charge on any atom is 0.251 e. The van der Waals surface area contributed by atoms with Crippen molar-refractivity contribution in [3.05, 3.63) is 30.3 Å². The second kappa shape index (κ2) is 5.95. The van der Waals surface area contributed by atoms with Gasteiger partial charge in [0.05, 0.1) is 24.3 Å². The van der Waals surface area contributed by atoms with Crippen LogP contribution >= 0.6 is 0 Å². The number of methoxy groups -OCH3 is 1. The van der Waals surface area contributed by atoms with E-state index in [1.807, 2.05) is 18.2 Å². The van der Waals surface area contributed by atoms with Gasteiger partial charge in [-0.2, -0.15) is 0 Å². The zero-order valence-electron chi connectivity index (χ0n) is 12.1. The molecule has 21 heavy (non-hydrogen) atoms. The molecule has 1 aliphatic carbocycles. The second-order valence-corrected chi connectivity index (χ2v) is 5.64. The number of anilines is 1. The summed E-state index contributed by atoms with van der Waals surface area (Å²) >= 11 is 0. The molecular formula is C16H20N2O3. The minimum Gasteiger partial charge on any atom is -0.380 e. The molecule has 5 heteroatoms. The highest BCUT2D eigenvalue weighted by Gasteiger charge is 2.41. The Labute approximate surface area is 124 Å². The van der Waals surface area contributed by atoms with Gasteiger partial charge in [-0.15, -0.1) is 0 Å². The third-order valence-electron chi connectivity index (χ3n) is 4.33. The first-order valence-corrected chi connectivity index (χ1v) is 7.41. The summed E-state index contributed by atoms with van der Waals surface area (Å²) in [7, 11) is 1.70. The van der Waals surface area contributed by atoms with Crippen LogP contribution in [0.5, 0.6) is 0 Å². The first kappa shape index (κ1) is 14.2. The van der Waals surface area contributed by atoms with Crippen LogP contribution in [0.3, 0.4) is 0 Å². The SMILES string of the molecule is COC1CCCC1NC1CC(=O)N(c2ccccc2)C1=O. The van der Waals surface area contributed by atoms with E-state index in [-0.39, 0.29) is 30.4 Å². The van der Waals surface area contributed by atoms with Crippen LogP contribution in [0.1, 0.15) is 25.7 Å². The average Bonchev–Trinajstić information content (AvgIpc) is 3.05. The van der Waals surface area contributed by atoms with Crippen LogP contribution in [0.15, 0.2) is 30.3 Å². The number of benzene rings is 1. The molecule has 1 aromatic rings. The molecule has 0 spiro atoms. The van der Waals surface area contributed by atoms with E-state index in [2.05, 4.69) is 5.32 Å². The zero-order chi connectivity index (χ0) is 14.8. The molecule has 1 saturated carbocycles. The van der Waals surface area contributed by atoms with Gasteiger partial charge in [0.25, 0.3) is 5.91 Å². The summed E-state index contributed by atoms with van der Waals surface area (Å²) < 4.78 is 5.44. The molecule has 0 bridgehead atoms. The van der Waals surface area contributed by atoms with E-state index in [9.17, 15) is 9.59 Å². The van der Waals surface area contributed by atoms with Gasteiger partial charge >= 0.3 is 0 Å².